The molecule has 0 rings (SSSR count). The van der Waals surface area contributed by atoms with E-state index >= 15 is 0 Å². The van der Waals surface area contributed by atoms with Crippen LogP contribution in [-0.4, -0.2) is 31.1 Å². The van der Waals surface area contributed by atoms with Crippen molar-refractivity contribution in [1.29, 1.82) is 0 Å². The molecule has 9 nitrogen and oxygen atoms in total. The normalized spacial score (nSPS) is 12.9. The Hall–Kier alpha value is -0.750. The van der Waals surface area contributed by atoms with Gasteiger partial charge < -0.3 is 0 Å². The van der Waals surface area contributed by atoms with Crippen molar-refractivity contribution in [1.82, 2.24) is 9.25 Å². The van der Waals surface area contributed by atoms with E-state index in [4.69, 9.17) is 4.55 Å². The summed E-state index contributed by atoms with van der Waals surface area (Å²) in [6, 6.07) is 0. The summed E-state index contributed by atoms with van der Waals surface area (Å²) >= 11 is 0. The molecule has 0 aromatic rings. The van der Waals surface area contributed by atoms with Gasteiger partial charge in [-0.25, -0.2) is 5.14 Å². The third kappa shape index (κ3) is 4.14. The van der Waals surface area contributed by atoms with Gasteiger partial charge in [0.1, 0.15) is 0 Å². The van der Waals surface area contributed by atoms with Crippen molar-refractivity contribution in [2.24, 2.45) is 5.14 Å². The zero-order chi connectivity index (χ0) is 10.9. The lowest BCUT2D eigenvalue weighted by atomic mass is 10.8. The Morgan fingerprint density at radius 2 is 1.77 bits per heavy atom. The van der Waals surface area contributed by atoms with Crippen LogP contribution in [0.25, 0.3) is 0 Å². The second-order valence-corrected chi connectivity index (χ2v) is 4.77. The average molecular weight is 233 g/mol. The summed E-state index contributed by atoms with van der Waals surface area (Å²) in [5.41, 5.74) is 1.30. The number of hydrogen-bond acceptors (Lipinski definition) is 5. The second-order valence-electron chi connectivity index (χ2n) is 1.89. The van der Waals surface area contributed by atoms with E-state index in [1.807, 2.05) is 0 Å². The highest BCUT2D eigenvalue weighted by Gasteiger charge is 2.30. The summed E-state index contributed by atoms with van der Waals surface area (Å²) in [6.45, 7) is 0.837. The van der Waals surface area contributed by atoms with Gasteiger partial charge in [0.2, 0.25) is 5.91 Å². The van der Waals surface area contributed by atoms with Crippen molar-refractivity contribution in [3.63, 3.8) is 0 Å². The monoisotopic (exact) mass is 233 g/mol. The maximum atomic E-state index is 10.5. The van der Waals surface area contributed by atoms with E-state index in [2.05, 4.69) is 5.14 Å². The van der Waals surface area contributed by atoms with E-state index in [9.17, 15) is 21.6 Å². The highest BCUT2D eigenvalue weighted by Crippen LogP contribution is 1.96. The summed E-state index contributed by atoms with van der Waals surface area (Å²) in [4.78, 5) is 10.3. The number of carbonyl (C=O) groups excluding carboxylic acids is 1. The van der Waals surface area contributed by atoms with E-state index < -0.39 is 30.2 Å². The molecule has 0 aliphatic heterocycles. The van der Waals surface area contributed by atoms with Gasteiger partial charge in [-0.05, 0) is 0 Å². The molecule has 0 bridgehead atoms. The largest absolute Gasteiger partial charge is 0.368 e. The zero-order valence-corrected chi connectivity index (χ0v) is 7.96. The molecule has 0 heterocycles. The minimum Gasteiger partial charge on any atom is -0.274 e. The van der Waals surface area contributed by atoms with Crippen LogP contribution in [0.4, 0.5) is 0 Å². The second kappa shape index (κ2) is 3.55. The third-order valence-electron chi connectivity index (χ3n) is 0.689. The molecule has 0 aliphatic rings. The molecule has 0 fully saturated rings. The molecule has 0 aromatic heterocycles. The van der Waals surface area contributed by atoms with E-state index in [1.54, 1.807) is 0 Å². The van der Waals surface area contributed by atoms with E-state index in [1.165, 1.54) is 5.43 Å². The smallest absolute Gasteiger partial charge is 0.274 e. The van der Waals surface area contributed by atoms with Gasteiger partial charge in [0.05, 0.1) is 0 Å². The number of nitrogens with one attached hydrogen (secondary N) is 1. The molecule has 0 radical (unpaired) electrons. The van der Waals surface area contributed by atoms with Crippen LogP contribution in [0.15, 0.2) is 0 Å². The highest BCUT2D eigenvalue weighted by atomic mass is 32.3. The first-order valence-corrected chi connectivity index (χ1v) is 5.53. The number of rotatable bonds is 3. The third-order valence-corrected chi connectivity index (χ3v) is 2.94. The highest BCUT2D eigenvalue weighted by molar-refractivity contribution is 8.00. The summed E-state index contributed by atoms with van der Waals surface area (Å²) < 4.78 is 49.1. The Labute approximate surface area is 74.5 Å². The van der Waals surface area contributed by atoms with Crippen molar-refractivity contribution in [2.45, 2.75) is 6.92 Å². The maximum Gasteiger partial charge on any atom is 0.368 e. The summed E-state index contributed by atoms with van der Waals surface area (Å²) in [5, 5.41) is 4.36. The molecule has 0 unspecified atom stereocenters. The zero-order valence-electron chi connectivity index (χ0n) is 6.33. The number of amides is 1. The van der Waals surface area contributed by atoms with Crippen LogP contribution in [0.2, 0.25) is 0 Å². The minimum absolute atomic E-state index is 0.748. The Morgan fingerprint density at radius 1 is 1.38 bits per heavy atom. The van der Waals surface area contributed by atoms with Gasteiger partial charge in [-0.1, -0.05) is 0 Å². The predicted molar refractivity (Wildman–Crippen MR) is 40.3 cm³/mol. The molecule has 0 spiro atoms. The van der Waals surface area contributed by atoms with Crippen molar-refractivity contribution in [2.75, 3.05) is 0 Å². The molecule has 78 valence electrons. The Morgan fingerprint density at radius 3 is 1.85 bits per heavy atom. The SMILES string of the molecule is CC(=O)NN(S(N)(=O)=O)S(=O)(=O)O. The van der Waals surface area contributed by atoms with Crippen molar-refractivity contribution >= 4 is 26.4 Å². The van der Waals surface area contributed by atoms with E-state index in [0.29, 0.717) is 0 Å². The van der Waals surface area contributed by atoms with E-state index in [-0.39, 0.29) is 0 Å². The Kier molecular flexibility index (Phi) is 3.34. The molecule has 0 aromatic carbocycles. The van der Waals surface area contributed by atoms with Crippen LogP contribution < -0.4 is 10.6 Å². The van der Waals surface area contributed by atoms with Gasteiger partial charge in [-0.2, -0.15) is 16.8 Å². The molecule has 0 saturated heterocycles. The summed E-state index contributed by atoms with van der Waals surface area (Å²) in [7, 11) is -9.88. The van der Waals surface area contributed by atoms with Crippen LogP contribution in [0.3, 0.4) is 0 Å². The number of nitrogens with zero attached hydrogens (tertiary/aromatic N) is 1. The molecule has 0 atom stereocenters. The molecular formula is C2H7N3O6S2. The van der Waals surface area contributed by atoms with Crippen molar-refractivity contribution in [3.8, 4) is 0 Å². The molecule has 1 amide bonds. The lowest BCUT2D eigenvalue weighted by Crippen LogP contribution is -2.51. The molecule has 0 aliphatic carbocycles. The van der Waals surface area contributed by atoms with Crippen LogP contribution in [-0.2, 0) is 25.3 Å². The van der Waals surface area contributed by atoms with Crippen LogP contribution in [0.5, 0.6) is 0 Å². The van der Waals surface area contributed by atoms with Crippen LogP contribution in [0, 0.1) is 0 Å². The van der Waals surface area contributed by atoms with Gasteiger partial charge in [-0.15, -0.1) is 0 Å². The summed E-state index contributed by atoms with van der Waals surface area (Å²) in [5.74, 6) is -1.02. The Bertz CT molecular complexity index is 362. The minimum atomic E-state index is -5.13. The number of hydrogen-bond donors (Lipinski definition) is 3. The number of nitrogens with two attached hydrogens (primary N) is 1. The predicted octanol–water partition coefficient (Wildman–Crippen LogP) is -2.65. The lowest BCUT2D eigenvalue weighted by molar-refractivity contribution is -0.120. The first-order chi connectivity index (χ1) is 5.55. The van der Waals surface area contributed by atoms with E-state index in [0.717, 1.165) is 6.92 Å². The molecule has 4 N–H and O–H groups in total. The van der Waals surface area contributed by atoms with Crippen molar-refractivity contribution < 1.29 is 26.2 Å². The van der Waals surface area contributed by atoms with Gasteiger partial charge in [0.15, 0.2) is 0 Å². The standard InChI is InChI=1S/C2H7N3O6S2/c1-2(6)4-5(12(3,7)8)13(9,10)11/h1H3,(H,4,6)(H2,3,7,8)(H,9,10,11). The van der Waals surface area contributed by atoms with Gasteiger partial charge >= 0.3 is 20.5 Å². The molecule has 0 saturated carbocycles. The topological polar surface area (TPSA) is 147 Å². The fourth-order valence-corrected chi connectivity index (χ4v) is 1.93. The summed E-state index contributed by atoms with van der Waals surface area (Å²) in [6.07, 6.45) is 0. The first kappa shape index (κ1) is 12.2. The molecule has 11 heteroatoms. The molecular weight excluding hydrogens is 226 g/mol. The van der Waals surface area contributed by atoms with Crippen LogP contribution in [0.1, 0.15) is 6.92 Å². The quantitative estimate of drug-likeness (QED) is 0.358. The fourth-order valence-electron chi connectivity index (χ4n) is 0.381. The average Bonchev–Trinajstić information content (AvgIpc) is 1.77. The maximum absolute atomic E-state index is 10.5. The number of carbonyl (C=O) groups is 1. The first-order valence-electron chi connectivity index (χ1n) is 2.63. The van der Waals surface area contributed by atoms with Gasteiger partial charge in [0.25, 0.3) is 0 Å². The van der Waals surface area contributed by atoms with Crippen LogP contribution >= 0.6 is 0 Å². The Balaban J connectivity index is 5.15. The molecule has 13 heavy (non-hydrogen) atoms. The fraction of sp³-hybridized carbons (Fsp3) is 0.500. The lowest BCUT2D eigenvalue weighted by Gasteiger charge is -2.14. The van der Waals surface area contributed by atoms with Gasteiger partial charge in [-0.3, -0.25) is 14.8 Å². The van der Waals surface area contributed by atoms with Crippen molar-refractivity contribution in [3.05, 3.63) is 0 Å². The number of hydrazine groups is 1. The van der Waals surface area contributed by atoms with Gasteiger partial charge in [0, 0.05) is 10.7 Å².